The molecule has 3 nitrogen and oxygen atoms in total. The summed E-state index contributed by atoms with van der Waals surface area (Å²) < 4.78 is 0. The minimum Gasteiger partial charge on any atom is -0.348 e. The summed E-state index contributed by atoms with van der Waals surface area (Å²) in [5.74, 6) is 0.132. The lowest BCUT2D eigenvalue weighted by Gasteiger charge is -2.39. The van der Waals surface area contributed by atoms with Crippen molar-refractivity contribution < 1.29 is 4.79 Å². The summed E-state index contributed by atoms with van der Waals surface area (Å²) in [7, 11) is 3.71. The van der Waals surface area contributed by atoms with E-state index in [2.05, 4.69) is 56.9 Å². The van der Waals surface area contributed by atoms with Gasteiger partial charge in [0, 0.05) is 32.7 Å². The number of halogens is 1. The van der Waals surface area contributed by atoms with Crippen LogP contribution in [0.5, 0.6) is 0 Å². The molecule has 2 aromatic rings. The highest BCUT2D eigenvalue weighted by Crippen LogP contribution is 2.38. The van der Waals surface area contributed by atoms with Gasteiger partial charge in [-0.15, -0.1) is 12.4 Å². The Morgan fingerprint density at radius 3 is 1.54 bits per heavy atom. The van der Waals surface area contributed by atoms with Gasteiger partial charge >= 0.3 is 0 Å². The molecule has 0 bridgehead atoms. The molecule has 2 rings (SSSR count). The number of carbonyl (C=O) groups is 1. The zero-order valence-corrected chi connectivity index (χ0v) is 18.9. The van der Waals surface area contributed by atoms with E-state index in [4.69, 9.17) is 0 Å². The highest BCUT2D eigenvalue weighted by Gasteiger charge is 2.43. The maximum Gasteiger partial charge on any atom is 0.237 e. The normalized spacial score (nSPS) is 11.6. The van der Waals surface area contributed by atoms with Gasteiger partial charge in [-0.2, -0.15) is 0 Å². The molecule has 4 heteroatoms. The summed E-state index contributed by atoms with van der Waals surface area (Å²) in [5.41, 5.74) is 1.43. The lowest BCUT2D eigenvalue weighted by molar-refractivity contribution is -0.133. The van der Waals surface area contributed by atoms with Crippen molar-refractivity contribution in [3.05, 3.63) is 71.8 Å². The maximum absolute atomic E-state index is 13.6. The van der Waals surface area contributed by atoms with Gasteiger partial charge in [0.1, 0.15) is 5.41 Å². The third kappa shape index (κ3) is 5.15. The van der Waals surface area contributed by atoms with Gasteiger partial charge in [-0.05, 0) is 45.2 Å². The van der Waals surface area contributed by atoms with Gasteiger partial charge < -0.3 is 4.90 Å². The largest absolute Gasteiger partial charge is 0.348 e. The Morgan fingerprint density at radius 2 is 1.21 bits per heavy atom. The molecule has 2 aromatic carbocycles. The third-order valence-electron chi connectivity index (χ3n) is 5.38. The third-order valence-corrected chi connectivity index (χ3v) is 5.38. The Balaban J connectivity index is 0.00000392. The van der Waals surface area contributed by atoms with Crippen molar-refractivity contribution >= 4 is 18.3 Å². The predicted molar refractivity (Wildman–Crippen MR) is 121 cm³/mol. The van der Waals surface area contributed by atoms with Crippen molar-refractivity contribution in [2.24, 2.45) is 0 Å². The Labute approximate surface area is 177 Å². The minimum absolute atomic E-state index is 0. The molecular weight excluding hydrogens is 368 g/mol. The number of hydrogen-bond acceptors (Lipinski definition) is 2. The van der Waals surface area contributed by atoms with Crippen LogP contribution in [-0.4, -0.2) is 48.4 Å². The monoisotopic (exact) mass is 402 g/mol. The molecule has 0 aliphatic carbocycles. The van der Waals surface area contributed by atoms with Gasteiger partial charge in [0.2, 0.25) is 5.91 Å². The number of amides is 1. The fraction of sp³-hybridized carbons (Fsp3) is 0.458. The van der Waals surface area contributed by atoms with E-state index in [9.17, 15) is 4.79 Å². The quantitative estimate of drug-likeness (QED) is 0.620. The van der Waals surface area contributed by atoms with Crippen LogP contribution in [0.2, 0.25) is 0 Å². The lowest BCUT2D eigenvalue weighted by Crippen LogP contribution is -2.48. The molecule has 0 unspecified atom stereocenters. The summed E-state index contributed by atoms with van der Waals surface area (Å²) in [6, 6.07) is 21.3. The maximum atomic E-state index is 13.6. The van der Waals surface area contributed by atoms with Crippen molar-refractivity contribution in [3.63, 3.8) is 0 Å². The van der Waals surface area contributed by atoms with Crippen LogP contribution in [0.15, 0.2) is 60.7 Å². The summed E-state index contributed by atoms with van der Waals surface area (Å²) >= 11 is 0. The Kier molecular flexibility index (Phi) is 9.19. The van der Waals surface area contributed by atoms with E-state index in [1.165, 1.54) is 0 Å². The van der Waals surface area contributed by atoms with E-state index in [0.717, 1.165) is 24.1 Å². The predicted octanol–water partition coefficient (Wildman–Crippen LogP) is 4.99. The van der Waals surface area contributed by atoms with E-state index in [-0.39, 0.29) is 18.3 Å². The summed E-state index contributed by atoms with van der Waals surface area (Å²) in [5, 5.41) is 0. The van der Waals surface area contributed by atoms with E-state index in [1.54, 1.807) is 4.90 Å². The molecule has 0 aliphatic heterocycles. The standard InChI is InChI=1S/C24H34N2O.ClH/c1-19(2)26(20(3)4)18-17-24(23(27)25(5)6,21-13-9-7-10-14-21)22-15-11-8-12-16-22;/h7-16,19-20H,17-18H2,1-6H3;1H. The van der Waals surface area contributed by atoms with E-state index >= 15 is 0 Å². The molecule has 0 saturated heterocycles. The molecule has 0 saturated carbocycles. The zero-order chi connectivity index (χ0) is 20.0. The SMILES string of the molecule is CC(C)N(CCC(C(=O)N(C)C)(c1ccccc1)c1ccccc1)C(C)C.Cl. The molecule has 0 N–H and O–H groups in total. The first-order valence-corrected chi connectivity index (χ1v) is 9.89. The van der Waals surface area contributed by atoms with Crippen molar-refractivity contribution in [2.45, 2.75) is 51.6 Å². The summed E-state index contributed by atoms with van der Waals surface area (Å²) in [6.07, 6.45) is 0.744. The smallest absolute Gasteiger partial charge is 0.237 e. The van der Waals surface area contributed by atoms with Gasteiger partial charge in [0.05, 0.1) is 0 Å². The summed E-state index contributed by atoms with van der Waals surface area (Å²) in [6.45, 7) is 9.75. The van der Waals surface area contributed by atoms with Crippen LogP contribution >= 0.6 is 12.4 Å². The first-order chi connectivity index (χ1) is 12.8. The molecule has 0 radical (unpaired) electrons. The van der Waals surface area contributed by atoms with Gasteiger partial charge in [-0.1, -0.05) is 60.7 Å². The second-order valence-corrected chi connectivity index (χ2v) is 8.01. The minimum atomic E-state index is -0.686. The molecule has 1 amide bonds. The molecule has 28 heavy (non-hydrogen) atoms. The van der Waals surface area contributed by atoms with Crippen molar-refractivity contribution in [1.82, 2.24) is 9.80 Å². The van der Waals surface area contributed by atoms with Gasteiger partial charge in [-0.25, -0.2) is 0 Å². The van der Waals surface area contributed by atoms with E-state index < -0.39 is 5.41 Å². The van der Waals surface area contributed by atoms with Gasteiger partial charge in [-0.3, -0.25) is 9.69 Å². The van der Waals surface area contributed by atoms with Crippen LogP contribution in [-0.2, 0) is 10.2 Å². The van der Waals surface area contributed by atoms with Crippen LogP contribution in [0.3, 0.4) is 0 Å². The fourth-order valence-corrected chi connectivity index (χ4v) is 4.05. The van der Waals surface area contributed by atoms with Gasteiger partial charge in [0.15, 0.2) is 0 Å². The number of rotatable bonds is 8. The first-order valence-electron chi connectivity index (χ1n) is 9.89. The first kappa shape index (κ1) is 24.2. The average molecular weight is 403 g/mol. The van der Waals surface area contributed by atoms with Crippen molar-refractivity contribution in [3.8, 4) is 0 Å². The van der Waals surface area contributed by atoms with Crippen LogP contribution in [0.25, 0.3) is 0 Å². The van der Waals surface area contributed by atoms with Gasteiger partial charge in [0.25, 0.3) is 0 Å². The lowest BCUT2D eigenvalue weighted by atomic mass is 9.70. The topological polar surface area (TPSA) is 23.6 Å². The van der Waals surface area contributed by atoms with Crippen LogP contribution < -0.4 is 0 Å². The second kappa shape index (κ2) is 10.6. The molecule has 0 heterocycles. The average Bonchev–Trinajstić information content (AvgIpc) is 2.65. The number of nitrogens with zero attached hydrogens (tertiary/aromatic N) is 2. The van der Waals surface area contributed by atoms with E-state index in [1.807, 2.05) is 50.5 Å². The Morgan fingerprint density at radius 1 is 0.821 bits per heavy atom. The Hall–Kier alpha value is -1.84. The van der Waals surface area contributed by atoms with Crippen LogP contribution in [0.4, 0.5) is 0 Å². The number of carbonyl (C=O) groups excluding carboxylic acids is 1. The van der Waals surface area contributed by atoms with Crippen molar-refractivity contribution in [1.29, 1.82) is 0 Å². The molecule has 154 valence electrons. The summed E-state index contributed by atoms with van der Waals surface area (Å²) in [4.78, 5) is 17.8. The molecular formula is C24H35ClN2O. The number of hydrogen-bond donors (Lipinski definition) is 0. The molecule has 0 spiro atoms. The van der Waals surface area contributed by atoms with Crippen LogP contribution in [0, 0.1) is 0 Å². The second-order valence-electron chi connectivity index (χ2n) is 8.01. The molecule has 0 atom stereocenters. The molecule has 0 aliphatic rings. The molecule has 0 aromatic heterocycles. The van der Waals surface area contributed by atoms with Crippen molar-refractivity contribution in [2.75, 3.05) is 20.6 Å². The fourth-order valence-electron chi connectivity index (χ4n) is 4.05. The Bertz CT molecular complexity index is 666. The molecule has 0 fully saturated rings. The van der Waals surface area contributed by atoms with E-state index in [0.29, 0.717) is 12.1 Å². The van der Waals surface area contributed by atoms with Crippen LogP contribution in [0.1, 0.15) is 45.2 Å². The highest BCUT2D eigenvalue weighted by atomic mass is 35.5. The zero-order valence-electron chi connectivity index (χ0n) is 18.1. The highest BCUT2D eigenvalue weighted by molar-refractivity contribution is 5.91. The number of benzene rings is 2. The number of likely N-dealkylation sites (N-methyl/N-ethyl adjacent to an activating group) is 1.